The number of H-pyrrole nitrogens is 1. The van der Waals surface area contributed by atoms with Crippen LogP contribution in [0.2, 0.25) is 0 Å². The molecule has 2 atom stereocenters. The smallest absolute Gasteiger partial charge is 0.271 e. The zero-order valence-corrected chi connectivity index (χ0v) is 13.0. The van der Waals surface area contributed by atoms with E-state index in [4.69, 9.17) is 4.74 Å². The Kier molecular flexibility index (Phi) is 5.37. The Labute approximate surface area is 126 Å². The van der Waals surface area contributed by atoms with Gasteiger partial charge in [0.15, 0.2) is 0 Å². The summed E-state index contributed by atoms with van der Waals surface area (Å²) in [6, 6.07) is 1.57. The number of hydrogen-bond donors (Lipinski definition) is 2. The number of rotatable bonds is 4. The van der Waals surface area contributed by atoms with E-state index in [9.17, 15) is 9.59 Å². The van der Waals surface area contributed by atoms with Crippen LogP contribution in [-0.2, 0) is 9.53 Å². The van der Waals surface area contributed by atoms with Gasteiger partial charge in [0.05, 0.1) is 6.10 Å². The minimum atomic E-state index is -0.326. The zero-order valence-electron chi connectivity index (χ0n) is 11.4. The van der Waals surface area contributed by atoms with Crippen molar-refractivity contribution in [1.82, 2.24) is 4.98 Å². The summed E-state index contributed by atoms with van der Waals surface area (Å²) in [7, 11) is 0. The largest absolute Gasteiger partial charge is 0.368 e. The third kappa shape index (κ3) is 4.45. The highest BCUT2D eigenvalue weighted by atomic mass is 79.9. The summed E-state index contributed by atoms with van der Waals surface area (Å²) in [5, 5.41) is 2.56. The Morgan fingerprint density at radius 2 is 2.35 bits per heavy atom. The van der Waals surface area contributed by atoms with Crippen LogP contribution in [0, 0.1) is 5.92 Å². The van der Waals surface area contributed by atoms with Gasteiger partial charge in [-0.25, -0.2) is 0 Å². The first-order valence-electron chi connectivity index (χ1n) is 6.84. The Morgan fingerprint density at radius 3 is 3.10 bits per heavy atom. The summed E-state index contributed by atoms with van der Waals surface area (Å²) in [6.45, 7) is 2.19. The van der Waals surface area contributed by atoms with E-state index in [0.717, 1.165) is 19.3 Å². The van der Waals surface area contributed by atoms with Crippen molar-refractivity contribution < 1.29 is 9.53 Å². The van der Waals surface area contributed by atoms with Crippen molar-refractivity contribution in [3.63, 3.8) is 0 Å². The van der Waals surface area contributed by atoms with Crippen LogP contribution in [0.5, 0.6) is 0 Å². The molecule has 1 amide bonds. The van der Waals surface area contributed by atoms with Gasteiger partial charge < -0.3 is 15.0 Å². The number of aromatic nitrogens is 1. The van der Waals surface area contributed by atoms with Gasteiger partial charge in [0, 0.05) is 10.7 Å². The van der Waals surface area contributed by atoms with Gasteiger partial charge in [-0.3, -0.25) is 9.59 Å². The molecule has 0 radical (unpaired) electrons. The molecule has 1 aromatic rings. The predicted molar refractivity (Wildman–Crippen MR) is 80.8 cm³/mol. The highest BCUT2D eigenvalue weighted by molar-refractivity contribution is 9.10. The minimum absolute atomic E-state index is 0.0106. The van der Waals surface area contributed by atoms with Gasteiger partial charge in [0.2, 0.25) is 0 Å². The van der Waals surface area contributed by atoms with Crippen LogP contribution in [-0.4, -0.2) is 23.6 Å². The molecule has 0 aromatic carbocycles. The Morgan fingerprint density at radius 1 is 1.55 bits per heavy atom. The lowest BCUT2D eigenvalue weighted by Gasteiger charge is -2.26. The lowest BCUT2D eigenvalue weighted by Crippen LogP contribution is -2.28. The van der Waals surface area contributed by atoms with Crippen molar-refractivity contribution in [2.24, 2.45) is 5.92 Å². The average molecular weight is 343 g/mol. The molecule has 0 spiro atoms. The monoisotopic (exact) mass is 342 g/mol. The SMILES string of the molecule is CC1CCCC(OCC(=O)Nc2cc(Br)c[nH]c2=O)C1. The van der Waals surface area contributed by atoms with Crippen LogP contribution in [0.25, 0.3) is 0 Å². The number of amides is 1. The number of carbonyl (C=O) groups is 1. The molecule has 1 saturated carbocycles. The lowest BCUT2D eigenvalue weighted by molar-refractivity contribution is -0.123. The van der Waals surface area contributed by atoms with E-state index < -0.39 is 0 Å². The van der Waals surface area contributed by atoms with Crippen molar-refractivity contribution in [3.8, 4) is 0 Å². The van der Waals surface area contributed by atoms with E-state index in [-0.39, 0.29) is 29.9 Å². The third-order valence-corrected chi connectivity index (χ3v) is 3.94. The predicted octanol–water partition coefficient (Wildman–Crippen LogP) is 2.67. The number of ether oxygens (including phenoxy) is 1. The van der Waals surface area contributed by atoms with Gasteiger partial charge in [-0.2, -0.15) is 0 Å². The quantitative estimate of drug-likeness (QED) is 0.883. The van der Waals surface area contributed by atoms with Gasteiger partial charge in [0.1, 0.15) is 12.3 Å². The van der Waals surface area contributed by atoms with Crippen LogP contribution in [0.4, 0.5) is 5.69 Å². The summed E-state index contributed by atoms with van der Waals surface area (Å²) >= 11 is 3.24. The summed E-state index contributed by atoms with van der Waals surface area (Å²) in [5.74, 6) is 0.358. The second kappa shape index (κ2) is 7.04. The van der Waals surface area contributed by atoms with Crippen LogP contribution in [0.15, 0.2) is 21.5 Å². The second-order valence-electron chi connectivity index (χ2n) is 5.31. The highest BCUT2D eigenvalue weighted by Crippen LogP contribution is 2.25. The summed E-state index contributed by atoms with van der Waals surface area (Å²) in [5.41, 5.74) is -0.0992. The van der Waals surface area contributed by atoms with Crippen molar-refractivity contribution in [2.45, 2.75) is 38.7 Å². The molecule has 1 aromatic heterocycles. The maximum absolute atomic E-state index is 11.8. The molecule has 2 unspecified atom stereocenters. The van der Waals surface area contributed by atoms with Crippen molar-refractivity contribution in [3.05, 3.63) is 27.1 Å². The second-order valence-corrected chi connectivity index (χ2v) is 6.23. The summed E-state index contributed by atoms with van der Waals surface area (Å²) in [4.78, 5) is 25.8. The molecule has 0 saturated heterocycles. The summed E-state index contributed by atoms with van der Waals surface area (Å²) < 4.78 is 6.32. The van der Waals surface area contributed by atoms with Crippen LogP contribution >= 0.6 is 15.9 Å². The van der Waals surface area contributed by atoms with E-state index in [1.807, 2.05) is 0 Å². The number of carbonyl (C=O) groups excluding carboxylic acids is 1. The first-order chi connectivity index (χ1) is 9.54. The topological polar surface area (TPSA) is 71.2 Å². The third-order valence-electron chi connectivity index (χ3n) is 3.48. The summed E-state index contributed by atoms with van der Waals surface area (Å²) in [6.07, 6.45) is 6.08. The first-order valence-corrected chi connectivity index (χ1v) is 7.63. The first kappa shape index (κ1) is 15.3. The molecule has 110 valence electrons. The molecular formula is C14H19BrN2O3. The van der Waals surface area contributed by atoms with Crippen LogP contribution in [0.1, 0.15) is 32.6 Å². The number of aromatic amines is 1. The number of hydrogen-bond acceptors (Lipinski definition) is 3. The van der Waals surface area contributed by atoms with Gasteiger partial charge in [-0.15, -0.1) is 0 Å². The molecule has 5 nitrogen and oxygen atoms in total. The van der Waals surface area contributed by atoms with E-state index in [1.165, 1.54) is 12.6 Å². The minimum Gasteiger partial charge on any atom is -0.368 e. The maximum Gasteiger partial charge on any atom is 0.271 e. The molecule has 2 N–H and O–H groups in total. The number of pyridine rings is 1. The van der Waals surface area contributed by atoms with Crippen LogP contribution in [0.3, 0.4) is 0 Å². The molecule has 20 heavy (non-hydrogen) atoms. The van der Waals surface area contributed by atoms with E-state index >= 15 is 0 Å². The molecule has 1 heterocycles. The van der Waals surface area contributed by atoms with Crippen molar-refractivity contribution >= 4 is 27.5 Å². The number of halogens is 1. The molecular weight excluding hydrogens is 324 g/mol. The Bertz CT molecular complexity index is 529. The fourth-order valence-corrected chi connectivity index (χ4v) is 2.80. The molecule has 1 aliphatic rings. The average Bonchev–Trinajstić information content (AvgIpc) is 2.41. The molecule has 0 aliphatic heterocycles. The maximum atomic E-state index is 11.8. The van der Waals surface area contributed by atoms with Crippen LogP contribution < -0.4 is 10.9 Å². The molecule has 6 heteroatoms. The standard InChI is InChI=1S/C14H19BrN2O3/c1-9-3-2-4-11(5-9)20-8-13(18)17-12-6-10(15)7-16-14(12)19/h6-7,9,11H,2-5,8H2,1H3,(H,16,19)(H,17,18). The fourth-order valence-electron chi connectivity index (χ4n) is 2.46. The van der Waals surface area contributed by atoms with Crippen molar-refractivity contribution in [1.29, 1.82) is 0 Å². The molecule has 2 rings (SSSR count). The Hall–Kier alpha value is -1.14. The van der Waals surface area contributed by atoms with Gasteiger partial charge >= 0.3 is 0 Å². The molecule has 1 aliphatic carbocycles. The van der Waals surface area contributed by atoms with E-state index in [0.29, 0.717) is 10.4 Å². The lowest BCUT2D eigenvalue weighted by atomic mass is 9.89. The number of nitrogens with one attached hydrogen (secondary N) is 2. The van der Waals surface area contributed by atoms with Gasteiger partial charge in [-0.05, 0) is 40.8 Å². The van der Waals surface area contributed by atoms with E-state index in [1.54, 1.807) is 6.07 Å². The Balaban J connectivity index is 1.83. The zero-order chi connectivity index (χ0) is 14.5. The normalized spacial score (nSPS) is 22.5. The van der Waals surface area contributed by atoms with E-state index in [2.05, 4.69) is 33.2 Å². The molecule has 0 bridgehead atoms. The highest BCUT2D eigenvalue weighted by Gasteiger charge is 2.20. The fraction of sp³-hybridized carbons (Fsp3) is 0.571. The van der Waals surface area contributed by atoms with Gasteiger partial charge in [-0.1, -0.05) is 19.8 Å². The molecule has 1 fully saturated rings. The van der Waals surface area contributed by atoms with Gasteiger partial charge in [0.25, 0.3) is 11.5 Å². The number of anilines is 1. The van der Waals surface area contributed by atoms with Crippen molar-refractivity contribution in [2.75, 3.05) is 11.9 Å².